The lowest BCUT2D eigenvalue weighted by molar-refractivity contribution is -0.122. The number of hydrogen-bond acceptors (Lipinski definition) is 7. The molecule has 9 heteroatoms. The summed E-state index contributed by atoms with van der Waals surface area (Å²) in [5.74, 6) is -0.190. The van der Waals surface area contributed by atoms with Crippen LogP contribution in [0.3, 0.4) is 0 Å². The predicted molar refractivity (Wildman–Crippen MR) is 124 cm³/mol. The van der Waals surface area contributed by atoms with E-state index in [0.29, 0.717) is 23.9 Å². The number of amides is 2. The van der Waals surface area contributed by atoms with Crippen molar-refractivity contribution in [3.8, 4) is 0 Å². The standard InChI is InChI=1S/C21H31N5O2S2/c1-13(2)11-14(23-18(28)16(22)12-15-7-6-10-29-15)8-9-17(27)24-20-26-25-19(30-20)21(3,4)5/h6-10,13-14,16H,11-12,22H2,1-5H3,(H,23,28)(H,24,26,27)/t14?,16-/m0/s1. The van der Waals surface area contributed by atoms with Crippen molar-refractivity contribution in [2.24, 2.45) is 11.7 Å². The number of anilines is 1. The van der Waals surface area contributed by atoms with Gasteiger partial charge < -0.3 is 11.1 Å². The van der Waals surface area contributed by atoms with Crippen molar-refractivity contribution >= 4 is 39.6 Å². The van der Waals surface area contributed by atoms with E-state index in [9.17, 15) is 9.59 Å². The van der Waals surface area contributed by atoms with E-state index in [4.69, 9.17) is 5.73 Å². The number of carbonyl (C=O) groups excluding carboxylic acids is 2. The summed E-state index contributed by atoms with van der Waals surface area (Å²) in [5.41, 5.74) is 5.94. The summed E-state index contributed by atoms with van der Waals surface area (Å²) in [4.78, 5) is 25.9. The number of nitrogens with two attached hydrogens (primary N) is 1. The zero-order valence-corrected chi connectivity index (χ0v) is 19.8. The molecule has 0 radical (unpaired) electrons. The number of nitrogens with zero attached hydrogens (tertiary/aromatic N) is 2. The van der Waals surface area contributed by atoms with Gasteiger partial charge in [-0.25, -0.2) is 0 Å². The highest BCUT2D eigenvalue weighted by Gasteiger charge is 2.20. The van der Waals surface area contributed by atoms with Crippen molar-refractivity contribution < 1.29 is 9.59 Å². The van der Waals surface area contributed by atoms with Gasteiger partial charge in [0.05, 0.1) is 6.04 Å². The average molecular weight is 450 g/mol. The van der Waals surface area contributed by atoms with Crippen molar-refractivity contribution in [2.75, 3.05) is 5.32 Å². The number of carbonyl (C=O) groups is 2. The van der Waals surface area contributed by atoms with E-state index in [1.807, 2.05) is 38.3 Å². The lowest BCUT2D eigenvalue weighted by Gasteiger charge is -2.19. The molecule has 7 nitrogen and oxygen atoms in total. The third kappa shape index (κ3) is 7.97. The molecule has 0 spiro atoms. The minimum atomic E-state index is -0.627. The van der Waals surface area contributed by atoms with E-state index in [-0.39, 0.29) is 23.3 Å². The first kappa shape index (κ1) is 24.2. The quantitative estimate of drug-likeness (QED) is 0.508. The topological polar surface area (TPSA) is 110 Å². The molecular weight excluding hydrogens is 418 g/mol. The monoisotopic (exact) mass is 449 g/mol. The molecule has 164 valence electrons. The third-order valence-electron chi connectivity index (χ3n) is 4.17. The van der Waals surface area contributed by atoms with E-state index in [0.717, 1.165) is 9.88 Å². The third-order valence-corrected chi connectivity index (χ3v) is 6.33. The molecule has 2 rings (SSSR count). The number of nitrogens with one attached hydrogen (secondary N) is 2. The van der Waals surface area contributed by atoms with Crippen LogP contribution in [-0.2, 0) is 21.4 Å². The van der Waals surface area contributed by atoms with Crippen LogP contribution in [0.5, 0.6) is 0 Å². The fourth-order valence-electron chi connectivity index (χ4n) is 2.65. The van der Waals surface area contributed by atoms with Gasteiger partial charge in [-0.3, -0.25) is 14.9 Å². The van der Waals surface area contributed by atoms with Crippen molar-refractivity contribution in [1.82, 2.24) is 15.5 Å². The fourth-order valence-corrected chi connectivity index (χ4v) is 4.22. The number of thiophene rings is 1. The largest absolute Gasteiger partial charge is 0.349 e. The molecule has 2 heterocycles. The molecule has 1 unspecified atom stereocenters. The van der Waals surface area contributed by atoms with E-state index in [2.05, 4.69) is 34.7 Å². The summed E-state index contributed by atoms with van der Waals surface area (Å²) in [6.07, 6.45) is 4.33. The maximum atomic E-state index is 12.5. The van der Waals surface area contributed by atoms with Gasteiger partial charge in [-0.15, -0.1) is 21.5 Å². The Bertz CT molecular complexity index is 853. The molecule has 2 aromatic heterocycles. The molecule has 2 aromatic rings. The molecule has 2 amide bonds. The highest BCUT2D eigenvalue weighted by Crippen LogP contribution is 2.27. The summed E-state index contributed by atoms with van der Waals surface area (Å²) in [5, 5.41) is 17.1. The van der Waals surface area contributed by atoms with Crippen molar-refractivity contribution in [3.05, 3.63) is 39.5 Å². The predicted octanol–water partition coefficient (Wildman–Crippen LogP) is 3.49. The SMILES string of the molecule is CC(C)CC(C=CC(=O)Nc1nnc(C(C)(C)C)s1)NC(=O)[C@@H](N)Cc1cccs1. The Balaban J connectivity index is 1.95. The molecule has 0 saturated heterocycles. The molecule has 0 aromatic carbocycles. The maximum Gasteiger partial charge on any atom is 0.249 e. The van der Waals surface area contributed by atoms with Crippen LogP contribution in [0.1, 0.15) is 50.9 Å². The zero-order chi connectivity index (χ0) is 22.3. The van der Waals surface area contributed by atoms with E-state index >= 15 is 0 Å². The first-order valence-corrected chi connectivity index (χ1v) is 11.7. The van der Waals surface area contributed by atoms with E-state index < -0.39 is 6.04 Å². The molecule has 0 aliphatic heterocycles. The maximum absolute atomic E-state index is 12.5. The normalized spacial score (nSPS) is 14.1. The van der Waals surface area contributed by atoms with E-state index in [1.165, 1.54) is 17.4 Å². The van der Waals surface area contributed by atoms with Gasteiger partial charge in [0.25, 0.3) is 0 Å². The van der Waals surface area contributed by atoms with Gasteiger partial charge in [-0.05, 0) is 23.8 Å². The van der Waals surface area contributed by atoms with Gasteiger partial charge in [-0.1, -0.05) is 58.1 Å². The molecule has 0 saturated carbocycles. The van der Waals surface area contributed by atoms with Gasteiger partial charge in [0.15, 0.2) is 0 Å². The molecule has 4 N–H and O–H groups in total. The zero-order valence-electron chi connectivity index (χ0n) is 18.1. The number of hydrogen-bond donors (Lipinski definition) is 3. The fraction of sp³-hybridized carbons (Fsp3) is 0.524. The summed E-state index contributed by atoms with van der Waals surface area (Å²) >= 11 is 2.94. The molecular formula is C21H31N5O2S2. The van der Waals surface area contributed by atoms with Crippen LogP contribution >= 0.6 is 22.7 Å². The van der Waals surface area contributed by atoms with Crippen LogP contribution in [0.4, 0.5) is 5.13 Å². The lowest BCUT2D eigenvalue weighted by atomic mass is 9.98. The Kier molecular flexibility index (Phi) is 8.69. The number of rotatable bonds is 9. The number of aromatic nitrogens is 2. The smallest absolute Gasteiger partial charge is 0.249 e. The first-order chi connectivity index (χ1) is 14.0. The van der Waals surface area contributed by atoms with E-state index in [1.54, 1.807) is 17.4 Å². The van der Waals surface area contributed by atoms with Gasteiger partial charge in [-0.2, -0.15) is 0 Å². The Morgan fingerprint density at radius 2 is 2.00 bits per heavy atom. The Morgan fingerprint density at radius 3 is 2.57 bits per heavy atom. The van der Waals surface area contributed by atoms with Crippen molar-refractivity contribution in [3.63, 3.8) is 0 Å². The van der Waals surface area contributed by atoms with Gasteiger partial charge in [0, 0.05) is 28.8 Å². The second-order valence-corrected chi connectivity index (χ2v) is 10.7. The Morgan fingerprint density at radius 1 is 1.27 bits per heavy atom. The summed E-state index contributed by atoms with van der Waals surface area (Å²) in [6, 6.07) is 3.00. The first-order valence-electron chi connectivity index (χ1n) is 9.96. The second-order valence-electron chi connectivity index (χ2n) is 8.65. The highest BCUT2D eigenvalue weighted by atomic mass is 32.1. The van der Waals surface area contributed by atoms with Crippen LogP contribution in [-0.4, -0.2) is 34.1 Å². The molecule has 0 fully saturated rings. The van der Waals surface area contributed by atoms with Gasteiger partial charge >= 0.3 is 0 Å². The average Bonchev–Trinajstić information content (AvgIpc) is 3.30. The minimum absolute atomic E-state index is 0.120. The molecule has 0 bridgehead atoms. The van der Waals surface area contributed by atoms with Crippen LogP contribution < -0.4 is 16.4 Å². The van der Waals surface area contributed by atoms with Crippen LogP contribution in [0, 0.1) is 5.92 Å². The Hall–Kier alpha value is -2.10. The molecule has 30 heavy (non-hydrogen) atoms. The van der Waals surface area contributed by atoms with Crippen LogP contribution in [0.2, 0.25) is 0 Å². The summed E-state index contributed by atoms with van der Waals surface area (Å²) in [6.45, 7) is 10.3. The molecule has 0 aliphatic carbocycles. The second kappa shape index (κ2) is 10.8. The Labute approximate surface area is 186 Å². The minimum Gasteiger partial charge on any atom is -0.349 e. The van der Waals surface area contributed by atoms with Gasteiger partial charge in [0.1, 0.15) is 5.01 Å². The summed E-state index contributed by atoms with van der Waals surface area (Å²) < 4.78 is 0. The summed E-state index contributed by atoms with van der Waals surface area (Å²) in [7, 11) is 0. The lowest BCUT2D eigenvalue weighted by Crippen LogP contribution is -2.46. The van der Waals surface area contributed by atoms with Crippen molar-refractivity contribution in [1.29, 1.82) is 0 Å². The molecule has 2 atom stereocenters. The van der Waals surface area contributed by atoms with Crippen molar-refractivity contribution in [2.45, 2.75) is 65.0 Å². The highest BCUT2D eigenvalue weighted by molar-refractivity contribution is 7.15. The van der Waals surface area contributed by atoms with Gasteiger partial charge in [0.2, 0.25) is 16.9 Å². The van der Waals surface area contributed by atoms with Crippen LogP contribution in [0.25, 0.3) is 0 Å². The molecule has 0 aliphatic rings. The van der Waals surface area contributed by atoms with Crippen LogP contribution in [0.15, 0.2) is 29.7 Å².